The first kappa shape index (κ1) is 14.0. The van der Waals surface area contributed by atoms with Gasteiger partial charge in [-0.15, -0.1) is 0 Å². The molecule has 0 spiro atoms. The highest BCUT2D eigenvalue weighted by atomic mass is 79.9. The third-order valence-electron chi connectivity index (χ3n) is 2.71. The second-order valence-corrected chi connectivity index (χ2v) is 6.56. The van der Waals surface area contributed by atoms with Crippen LogP contribution in [-0.2, 0) is 9.59 Å². The number of hydrogen-bond acceptors (Lipinski definition) is 3. The van der Waals surface area contributed by atoms with Gasteiger partial charge in [-0.05, 0) is 44.0 Å². The summed E-state index contributed by atoms with van der Waals surface area (Å²) in [4.78, 5) is 24.4. The van der Waals surface area contributed by atoms with Crippen LogP contribution < -0.4 is 5.32 Å². The fraction of sp³-hybridized carbons (Fsp3) is 0.273. The third-order valence-corrected chi connectivity index (χ3v) is 4.42. The predicted molar refractivity (Wildman–Crippen MR) is 79.3 cm³/mol. The number of amides is 2. The Labute approximate surface area is 129 Å². The Morgan fingerprint density at radius 3 is 2.22 bits per heavy atom. The lowest BCUT2D eigenvalue weighted by molar-refractivity contribution is -0.136. The zero-order valence-corrected chi connectivity index (χ0v) is 14.1. The summed E-state index contributed by atoms with van der Waals surface area (Å²) in [6.07, 6.45) is 0.185. The van der Waals surface area contributed by atoms with Gasteiger partial charge < -0.3 is 5.32 Å². The van der Waals surface area contributed by atoms with Crippen LogP contribution in [-0.4, -0.2) is 29.8 Å². The van der Waals surface area contributed by atoms with Crippen molar-refractivity contribution in [2.75, 3.05) is 12.4 Å². The van der Waals surface area contributed by atoms with Crippen LogP contribution in [0, 0.1) is 0 Å². The Bertz CT molecular complexity index is 510. The molecule has 1 unspecified atom stereocenters. The average Bonchev–Trinajstić information content (AvgIpc) is 2.51. The van der Waals surface area contributed by atoms with Crippen LogP contribution in [0.25, 0.3) is 0 Å². The van der Waals surface area contributed by atoms with E-state index >= 15 is 0 Å². The molecule has 1 aromatic rings. The van der Waals surface area contributed by atoms with Gasteiger partial charge in [0.1, 0.15) is 6.04 Å². The van der Waals surface area contributed by atoms with E-state index in [1.165, 1.54) is 7.05 Å². The van der Waals surface area contributed by atoms with Crippen molar-refractivity contribution in [3.05, 3.63) is 25.6 Å². The molecular formula is C11H9Br3N2O2. The molecule has 0 bridgehead atoms. The number of likely N-dealkylation sites (tertiary alicyclic amines) is 1. The average molecular weight is 441 g/mol. The SMILES string of the molecule is CN1C(=O)CC(Nc2c(Br)cc(Br)cc2Br)C1=O. The lowest BCUT2D eigenvalue weighted by atomic mass is 10.2. The number of carbonyl (C=O) groups excluding carboxylic acids is 2. The van der Waals surface area contributed by atoms with Crippen LogP contribution in [0.5, 0.6) is 0 Å². The summed E-state index contributed by atoms with van der Waals surface area (Å²) in [5, 5.41) is 3.09. The molecule has 0 aromatic heterocycles. The van der Waals surface area contributed by atoms with E-state index in [2.05, 4.69) is 53.1 Å². The second kappa shape index (κ2) is 5.30. The number of rotatable bonds is 2. The molecule has 1 aromatic carbocycles. The topological polar surface area (TPSA) is 49.4 Å². The monoisotopic (exact) mass is 438 g/mol. The minimum absolute atomic E-state index is 0.165. The van der Waals surface area contributed by atoms with E-state index in [0.29, 0.717) is 0 Å². The number of anilines is 1. The Hall–Kier alpha value is -0.400. The lowest BCUT2D eigenvalue weighted by Crippen LogP contribution is -2.32. The molecule has 18 heavy (non-hydrogen) atoms. The molecule has 1 saturated heterocycles. The number of imide groups is 1. The minimum Gasteiger partial charge on any atom is -0.371 e. The van der Waals surface area contributed by atoms with Gasteiger partial charge in [-0.1, -0.05) is 15.9 Å². The van der Waals surface area contributed by atoms with Gasteiger partial charge >= 0.3 is 0 Å². The smallest absolute Gasteiger partial charge is 0.251 e. The molecule has 1 aliphatic rings. The van der Waals surface area contributed by atoms with Gasteiger partial charge in [-0.2, -0.15) is 0 Å². The maximum absolute atomic E-state index is 11.8. The summed E-state index contributed by atoms with van der Waals surface area (Å²) in [6.45, 7) is 0. The number of hydrogen-bond donors (Lipinski definition) is 1. The van der Waals surface area contributed by atoms with Gasteiger partial charge in [0, 0.05) is 20.5 Å². The van der Waals surface area contributed by atoms with Gasteiger partial charge in [0.05, 0.1) is 12.1 Å². The fourth-order valence-corrected chi connectivity index (χ4v) is 4.21. The van der Waals surface area contributed by atoms with Crippen molar-refractivity contribution in [3.8, 4) is 0 Å². The van der Waals surface area contributed by atoms with E-state index in [9.17, 15) is 9.59 Å². The number of carbonyl (C=O) groups is 2. The first-order chi connectivity index (χ1) is 8.40. The van der Waals surface area contributed by atoms with E-state index in [4.69, 9.17) is 0 Å². The van der Waals surface area contributed by atoms with Crippen LogP contribution >= 0.6 is 47.8 Å². The van der Waals surface area contributed by atoms with Crippen LogP contribution in [0.4, 0.5) is 5.69 Å². The fourth-order valence-electron chi connectivity index (χ4n) is 1.72. The maximum Gasteiger partial charge on any atom is 0.251 e. The summed E-state index contributed by atoms with van der Waals surface area (Å²) in [5.41, 5.74) is 0.764. The van der Waals surface area contributed by atoms with Crippen molar-refractivity contribution < 1.29 is 9.59 Å². The van der Waals surface area contributed by atoms with E-state index in [1.807, 2.05) is 12.1 Å². The van der Waals surface area contributed by atoms with E-state index < -0.39 is 6.04 Å². The van der Waals surface area contributed by atoms with Crippen molar-refractivity contribution in [2.24, 2.45) is 0 Å². The van der Waals surface area contributed by atoms with E-state index in [-0.39, 0.29) is 18.2 Å². The number of halogens is 3. The Morgan fingerprint density at radius 2 is 1.78 bits per heavy atom. The van der Waals surface area contributed by atoms with Gasteiger partial charge in [0.25, 0.3) is 5.91 Å². The first-order valence-electron chi connectivity index (χ1n) is 5.11. The van der Waals surface area contributed by atoms with Crippen molar-refractivity contribution in [1.82, 2.24) is 4.90 Å². The summed E-state index contributed by atoms with van der Waals surface area (Å²) < 4.78 is 2.55. The highest BCUT2D eigenvalue weighted by Gasteiger charge is 2.36. The minimum atomic E-state index is -0.503. The van der Waals surface area contributed by atoms with Crippen LogP contribution in [0.15, 0.2) is 25.6 Å². The van der Waals surface area contributed by atoms with Gasteiger partial charge in [-0.3, -0.25) is 14.5 Å². The van der Waals surface area contributed by atoms with E-state index in [0.717, 1.165) is 24.0 Å². The third kappa shape index (κ3) is 2.62. The highest BCUT2D eigenvalue weighted by molar-refractivity contribution is 9.11. The molecule has 0 radical (unpaired) electrons. The zero-order chi connectivity index (χ0) is 13.4. The molecule has 4 nitrogen and oxygen atoms in total. The molecule has 2 amide bonds. The molecule has 1 fully saturated rings. The molecule has 1 heterocycles. The first-order valence-corrected chi connectivity index (χ1v) is 7.49. The van der Waals surface area contributed by atoms with Crippen LogP contribution in [0.1, 0.15) is 6.42 Å². The van der Waals surface area contributed by atoms with Crippen molar-refractivity contribution in [3.63, 3.8) is 0 Å². The summed E-state index contributed by atoms with van der Waals surface area (Å²) >= 11 is 10.2. The van der Waals surface area contributed by atoms with Crippen molar-refractivity contribution in [2.45, 2.75) is 12.5 Å². The molecule has 1 atom stereocenters. The molecule has 2 rings (SSSR count). The highest BCUT2D eigenvalue weighted by Crippen LogP contribution is 2.35. The van der Waals surface area contributed by atoms with Crippen LogP contribution in [0.3, 0.4) is 0 Å². The largest absolute Gasteiger partial charge is 0.371 e. The van der Waals surface area contributed by atoms with Crippen molar-refractivity contribution >= 4 is 65.3 Å². The van der Waals surface area contributed by atoms with Gasteiger partial charge in [-0.25, -0.2) is 0 Å². The Morgan fingerprint density at radius 1 is 1.22 bits per heavy atom. The second-order valence-electron chi connectivity index (χ2n) is 3.94. The quantitative estimate of drug-likeness (QED) is 0.719. The Kier molecular flexibility index (Phi) is 4.13. The molecule has 1 aliphatic heterocycles. The molecule has 1 N–H and O–H groups in total. The number of nitrogens with one attached hydrogen (secondary N) is 1. The standard InChI is InChI=1S/C11H9Br3N2O2/c1-16-9(17)4-8(11(16)18)15-10-6(13)2-5(12)3-7(10)14/h2-3,8,15H,4H2,1H3. The summed E-state index contributed by atoms with van der Waals surface area (Å²) in [5.74, 6) is -0.372. The van der Waals surface area contributed by atoms with Gasteiger partial charge in [0.2, 0.25) is 5.91 Å². The predicted octanol–water partition coefficient (Wildman–Crippen LogP) is 3.14. The number of likely N-dealkylation sites (N-methyl/N-ethyl adjacent to an activating group) is 1. The van der Waals surface area contributed by atoms with Crippen molar-refractivity contribution in [1.29, 1.82) is 0 Å². The number of nitrogens with zero attached hydrogens (tertiary/aromatic N) is 1. The molecule has 0 saturated carbocycles. The lowest BCUT2D eigenvalue weighted by Gasteiger charge is -2.15. The molecule has 7 heteroatoms. The summed E-state index contributed by atoms with van der Waals surface area (Å²) in [6, 6.07) is 3.24. The molecular weight excluding hydrogens is 432 g/mol. The molecule has 96 valence electrons. The number of benzene rings is 1. The van der Waals surface area contributed by atoms with Gasteiger partial charge in [0.15, 0.2) is 0 Å². The maximum atomic E-state index is 11.8. The van der Waals surface area contributed by atoms with E-state index in [1.54, 1.807) is 0 Å². The van der Waals surface area contributed by atoms with Crippen LogP contribution in [0.2, 0.25) is 0 Å². The normalized spacial score (nSPS) is 19.6. The zero-order valence-electron chi connectivity index (χ0n) is 9.34. The molecule has 0 aliphatic carbocycles. The summed E-state index contributed by atoms with van der Waals surface area (Å²) in [7, 11) is 1.50. The Balaban J connectivity index is 2.26.